The van der Waals surface area contributed by atoms with E-state index in [9.17, 15) is 0 Å². The fourth-order valence-corrected chi connectivity index (χ4v) is 2.84. The van der Waals surface area contributed by atoms with Crippen LogP contribution in [0.25, 0.3) is 0 Å². The third-order valence-electron chi connectivity index (χ3n) is 1.93. The molecule has 0 aliphatic heterocycles. The van der Waals surface area contributed by atoms with Crippen molar-refractivity contribution in [2.45, 2.75) is 9.37 Å². The van der Waals surface area contributed by atoms with Crippen LogP contribution in [0.4, 0.5) is 5.13 Å². The van der Waals surface area contributed by atoms with E-state index < -0.39 is 0 Å². The predicted molar refractivity (Wildman–Crippen MR) is 71.4 cm³/mol. The number of nitrogens with zero attached hydrogens (tertiary/aromatic N) is 5. The number of nitrogens with one attached hydrogen (secondary N) is 1. The topological polar surface area (TPSA) is 105 Å². The fourth-order valence-electron chi connectivity index (χ4n) is 1.09. The summed E-state index contributed by atoms with van der Waals surface area (Å²) in [5, 5.41) is 17.0. The van der Waals surface area contributed by atoms with E-state index in [4.69, 9.17) is 11.1 Å². The second-order valence-electron chi connectivity index (χ2n) is 3.50. The Bertz CT molecular complexity index is 566. The highest BCUT2D eigenvalue weighted by molar-refractivity contribution is 8.01. The largest absolute Gasteiger partial charge is 0.384 e. The lowest BCUT2D eigenvalue weighted by atomic mass is 10.3. The predicted octanol–water partition coefficient (Wildman–Crippen LogP) is 0.829. The average Bonchev–Trinajstić information content (AvgIpc) is 2.78. The summed E-state index contributed by atoms with van der Waals surface area (Å²) in [6.45, 7) is 0. The fraction of sp³-hybridized carbons (Fsp3) is 0.222. The maximum Gasteiger partial charge on any atom is 0.208 e. The second kappa shape index (κ2) is 5.27. The number of hydrogen-bond donors (Lipinski definition) is 2. The summed E-state index contributed by atoms with van der Waals surface area (Å²) in [5.74, 6) is -0.0598. The van der Waals surface area contributed by atoms with Gasteiger partial charge in [-0.05, 0) is 11.8 Å². The molecule has 0 amide bonds. The SMILES string of the molecule is CN(C)c1nnc(Sc2ncncc2C(=N)N)s1. The van der Waals surface area contributed by atoms with Gasteiger partial charge in [0.15, 0.2) is 4.34 Å². The summed E-state index contributed by atoms with van der Waals surface area (Å²) in [4.78, 5) is 9.84. The van der Waals surface area contributed by atoms with Crippen LogP contribution in [0.5, 0.6) is 0 Å². The molecule has 0 saturated carbocycles. The summed E-state index contributed by atoms with van der Waals surface area (Å²) in [5.41, 5.74) is 5.97. The van der Waals surface area contributed by atoms with Crippen molar-refractivity contribution >= 4 is 34.1 Å². The lowest BCUT2D eigenvalue weighted by Gasteiger charge is -2.04. The minimum Gasteiger partial charge on any atom is -0.384 e. The lowest BCUT2D eigenvalue weighted by molar-refractivity contribution is 0.967. The third-order valence-corrected chi connectivity index (χ3v) is 4.09. The van der Waals surface area contributed by atoms with Crippen molar-refractivity contribution in [3.63, 3.8) is 0 Å². The zero-order valence-corrected chi connectivity index (χ0v) is 11.4. The molecular formula is C9H11N7S2. The van der Waals surface area contributed by atoms with Gasteiger partial charge in [0, 0.05) is 20.3 Å². The van der Waals surface area contributed by atoms with Crippen LogP contribution in [-0.4, -0.2) is 40.1 Å². The summed E-state index contributed by atoms with van der Waals surface area (Å²) in [7, 11) is 3.81. The van der Waals surface area contributed by atoms with Crippen LogP contribution >= 0.6 is 23.1 Å². The van der Waals surface area contributed by atoms with E-state index in [1.807, 2.05) is 19.0 Å². The van der Waals surface area contributed by atoms with Crippen molar-refractivity contribution in [3.8, 4) is 0 Å². The van der Waals surface area contributed by atoms with E-state index in [-0.39, 0.29) is 5.84 Å². The molecule has 0 saturated heterocycles. The molecule has 2 aromatic heterocycles. The van der Waals surface area contributed by atoms with Gasteiger partial charge in [-0.15, -0.1) is 10.2 Å². The van der Waals surface area contributed by atoms with E-state index in [1.165, 1.54) is 35.6 Å². The first-order chi connectivity index (χ1) is 8.58. The Morgan fingerprint density at radius 3 is 2.83 bits per heavy atom. The Balaban J connectivity index is 2.25. The van der Waals surface area contributed by atoms with E-state index in [2.05, 4.69) is 20.2 Å². The molecule has 0 radical (unpaired) electrons. The monoisotopic (exact) mass is 281 g/mol. The quantitative estimate of drug-likeness (QED) is 0.486. The Morgan fingerprint density at radius 1 is 1.44 bits per heavy atom. The van der Waals surface area contributed by atoms with Gasteiger partial charge in [0.2, 0.25) is 5.13 Å². The molecule has 9 heteroatoms. The van der Waals surface area contributed by atoms with Crippen molar-refractivity contribution in [2.24, 2.45) is 5.73 Å². The molecule has 2 aromatic rings. The number of anilines is 1. The normalized spacial score (nSPS) is 10.3. The second-order valence-corrected chi connectivity index (χ2v) is 5.69. The Morgan fingerprint density at radius 2 is 2.22 bits per heavy atom. The smallest absolute Gasteiger partial charge is 0.208 e. The van der Waals surface area contributed by atoms with E-state index in [1.54, 1.807) is 0 Å². The molecule has 7 nitrogen and oxygen atoms in total. The molecule has 3 N–H and O–H groups in total. The zero-order valence-electron chi connectivity index (χ0n) is 9.78. The molecule has 0 unspecified atom stereocenters. The van der Waals surface area contributed by atoms with Crippen LogP contribution in [0.15, 0.2) is 21.9 Å². The van der Waals surface area contributed by atoms with E-state index in [0.717, 1.165) is 9.47 Å². The van der Waals surface area contributed by atoms with Gasteiger partial charge in [-0.25, -0.2) is 9.97 Å². The summed E-state index contributed by atoms with van der Waals surface area (Å²) in [6.07, 6.45) is 2.94. The first-order valence-corrected chi connectivity index (χ1v) is 6.54. The van der Waals surface area contributed by atoms with E-state index in [0.29, 0.717) is 10.6 Å². The van der Waals surface area contributed by atoms with Gasteiger partial charge in [0.1, 0.15) is 17.2 Å². The number of nitrogen functional groups attached to an aromatic ring is 1. The Labute approximate surface area is 112 Å². The molecule has 0 atom stereocenters. The molecule has 2 heterocycles. The van der Waals surface area contributed by atoms with E-state index >= 15 is 0 Å². The van der Waals surface area contributed by atoms with Crippen molar-refractivity contribution in [1.29, 1.82) is 5.41 Å². The van der Waals surface area contributed by atoms with Crippen LogP contribution < -0.4 is 10.6 Å². The van der Waals surface area contributed by atoms with Crippen molar-refractivity contribution in [1.82, 2.24) is 20.2 Å². The molecule has 0 aromatic carbocycles. The summed E-state index contributed by atoms with van der Waals surface area (Å²) < 4.78 is 0.750. The van der Waals surface area contributed by atoms with Crippen molar-refractivity contribution < 1.29 is 0 Å². The molecule has 94 valence electrons. The minimum atomic E-state index is -0.0598. The number of aromatic nitrogens is 4. The van der Waals surface area contributed by atoms with Crippen LogP contribution in [0.2, 0.25) is 0 Å². The van der Waals surface area contributed by atoms with Crippen LogP contribution in [0, 0.1) is 5.41 Å². The highest BCUT2D eigenvalue weighted by Crippen LogP contribution is 2.32. The molecule has 0 spiro atoms. The first kappa shape index (κ1) is 12.7. The van der Waals surface area contributed by atoms with Gasteiger partial charge in [-0.2, -0.15) is 0 Å². The minimum absolute atomic E-state index is 0.0598. The maximum atomic E-state index is 7.46. The molecule has 0 fully saturated rings. The molecule has 0 aliphatic carbocycles. The highest BCUT2D eigenvalue weighted by Gasteiger charge is 2.12. The number of rotatable bonds is 4. The molecule has 2 rings (SSSR count). The summed E-state index contributed by atoms with van der Waals surface area (Å²) >= 11 is 2.78. The standard InChI is InChI=1S/C9H11N7S2/c1-16(2)8-14-15-9(18-8)17-7-5(6(10)11)3-12-4-13-7/h3-4H,1-2H3,(H3,10,11). The van der Waals surface area contributed by atoms with Crippen LogP contribution in [0.1, 0.15) is 5.56 Å². The van der Waals surface area contributed by atoms with Gasteiger partial charge < -0.3 is 10.6 Å². The average molecular weight is 281 g/mol. The Hall–Kier alpha value is -1.74. The third kappa shape index (κ3) is 2.74. The van der Waals surface area contributed by atoms with Gasteiger partial charge in [-0.1, -0.05) is 11.3 Å². The van der Waals surface area contributed by atoms with Crippen LogP contribution in [-0.2, 0) is 0 Å². The first-order valence-electron chi connectivity index (χ1n) is 4.91. The number of amidine groups is 1. The molecule has 0 bridgehead atoms. The van der Waals surface area contributed by atoms with Gasteiger partial charge >= 0.3 is 0 Å². The van der Waals surface area contributed by atoms with Gasteiger partial charge in [-0.3, -0.25) is 5.41 Å². The van der Waals surface area contributed by atoms with Gasteiger partial charge in [0.05, 0.1) is 5.56 Å². The molecular weight excluding hydrogens is 270 g/mol. The highest BCUT2D eigenvalue weighted by atomic mass is 32.2. The number of nitrogens with two attached hydrogens (primary N) is 1. The zero-order chi connectivity index (χ0) is 13.1. The Kier molecular flexibility index (Phi) is 3.72. The van der Waals surface area contributed by atoms with Crippen molar-refractivity contribution in [3.05, 3.63) is 18.1 Å². The lowest BCUT2D eigenvalue weighted by Crippen LogP contribution is -2.13. The van der Waals surface area contributed by atoms with Gasteiger partial charge in [0.25, 0.3) is 0 Å². The van der Waals surface area contributed by atoms with Crippen molar-refractivity contribution in [2.75, 3.05) is 19.0 Å². The summed E-state index contributed by atoms with van der Waals surface area (Å²) in [6, 6.07) is 0. The molecule has 18 heavy (non-hydrogen) atoms. The number of hydrogen-bond acceptors (Lipinski definition) is 8. The maximum absolute atomic E-state index is 7.46. The molecule has 0 aliphatic rings. The van der Waals surface area contributed by atoms with Crippen LogP contribution in [0.3, 0.4) is 0 Å².